The van der Waals surface area contributed by atoms with Crippen LogP contribution in [-0.4, -0.2) is 58.8 Å². The number of hydrogen-bond acceptors (Lipinski definition) is 4. The number of carbonyl (C=O) groups is 4. The molecule has 8 heteroatoms. The van der Waals surface area contributed by atoms with Crippen LogP contribution in [0, 0.1) is 0 Å². The van der Waals surface area contributed by atoms with Gasteiger partial charge in [-0.1, -0.05) is 0 Å². The highest BCUT2D eigenvalue weighted by molar-refractivity contribution is 5.97. The molecule has 8 nitrogen and oxygen atoms in total. The smallest absolute Gasteiger partial charge is 0.324 e. The molecule has 2 N–H and O–H groups in total. The quantitative estimate of drug-likeness (QED) is 0.719. The summed E-state index contributed by atoms with van der Waals surface area (Å²) >= 11 is 0. The summed E-state index contributed by atoms with van der Waals surface area (Å²) < 4.78 is 0. The molecule has 0 radical (unpaired) electrons. The van der Waals surface area contributed by atoms with Crippen LogP contribution in [0.15, 0.2) is 0 Å². The first-order valence-corrected chi connectivity index (χ1v) is 7.60. The highest BCUT2D eigenvalue weighted by atomic mass is 16.2. The van der Waals surface area contributed by atoms with E-state index in [0.717, 1.165) is 0 Å². The molecule has 0 aromatic carbocycles. The Kier molecular flexibility index (Phi) is 4.99. The summed E-state index contributed by atoms with van der Waals surface area (Å²) in [7, 11) is 0. The second-order valence-electron chi connectivity index (χ2n) is 5.92. The summed E-state index contributed by atoms with van der Waals surface area (Å²) in [5.74, 6) is -0.441. The lowest BCUT2D eigenvalue weighted by Crippen LogP contribution is -2.34. The molecule has 0 bridgehead atoms. The third-order valence-corrected chi connectivity index (χ3v) is 3.78. The summed E-state index contributed by atoms with van der Waals surface area (Å²) in [5.41, 5.74) is 0. The molecule has 2 rings (SSSR count). The van der Waals surface area contributed by atoms with Crippen LogP contribution in [-0.2, 0) is 9.59 Å². The number of amides is 6. The summed E-state index contributed by atoms with van der Waals surface area (Å²) in [6.45, 7) is 4.46. The number of unbranched alkanes of at least 4 members (excludes halogenated alkanes) is 1. The van der Waals surface area contributed by atoms with Crippen LogP contribution in [0.1, 0.15) is 39.5 Å². The first-order chi connectivity index (χ1) is 10.4. The van der Waals surface area contributed by atoms with Crippen molar-refractivity contribution in [3.8, 4) is 0 Å². The van der Waals surface area contributed by atoms with Crippen molar-refractivity contribution in [1.82, 2.24) is 20.4 Å². The summed E-state index contributed by atoms with van der Waals surface area (Å²) in [6.07, 6.45) is 1.51. The summed E-state index contributed by atoms with van der Waals surface area (Å²) in [4.78, 5) is 49.2. The van der Waals surface area contributed by atoms with E-state index in [9.17, 15) is 19.2 Å². The van der Waals surface area contributed by atoms with Gasteiger partial charge in [0.05, 0.1) is 13.1 Å². The highest BCUT2D eigenvalue weighted by Gasteiger charge is 2.31. The Hall–Kier alpha value is -2.12. The number of nitrogens with zero attached hydrogens (tertiary/aromatic N) is 2. The normalized spacial score (nSPS) is 24.5. The average Bonchev–Trinajstić information content (AvgIpc) is 2.96. The Morgan fingerprint density at radius 2 is 1.27 bits per heavy atom. The molecule has 0 aliphatic carbocycles. The summed E-state index contributed by atoms with van der Waals surface area (Å²) in [6, 6.07) is -0.741. The van der Waals surface area contributed by atoms with Gasteiger partial charge in [0, 0.05) is 24.9 Å². The molecule has 2 aliphatic heterocycles. The van der Waals surface area contributed by atoms with Gasteiger partial charge in [-0.25, -0.2) is 9.59 Å². The molecule has 2 unspecified atom stereocenters. The Labute approximate surface area is 129 Å². The Morgan fingerprint density at radius 3 is 1.55 bits per heavy atom. The maximum Gasteiger partial charge on any atom is 0.324 e. The first-order valence-electron chi connectivity index (χ1n) is 7.60. The van der Waals surface area contributed by atoms with E-state index in [2.05, 4.69) is 10.6 Å². The molecule has 2 aliphatic rings. The Balaban J connectivity index is 1.67. The molecule has 122 valence electrons. The van der Waals surface area contributed by atoms with Crippen molar-refractivity contribution in [2.45, 2.75) is 51.6 Å². The lowest BCUT2D eigenvalue weighted by atomic mass is 10.1. The van der Waals surface area contributed by atoms with Gasteiger partial charge in [0.2, 0.25) is 11.8 Å². The van der Waals surface area contributed by atoms with Crippen LogP contribution in [0.25, 0.3) is 0 Å². The number of carbonyl (C=O) groups excluding carboxylic acids is 4. The largest absolute Gasteiger partial charge is 0.333 e. The predicted octanol–water partition coefficient (Wildman–Crippen LogP) is 0.427. The van der Waals surface area contributed by atoms with Crippen LogP contribution in [0.3, 0.4) is 0 Å². The number of imide groups is 2. The fourth-order valence-electron chi connectivity index (χ4n) is 2.63. The van der Waals surface area contributed by atoms with Gasteiger partial charge in [-0.3, -0.25) is 19.4 Å². The van der Waals surface area contributed by atoms with Crippen LogP contribution in [0.4, 0.5) is 9.59 Å². The molecule has 0 aromatic rings. The maximum atomic E-state index is 11.9. The van der Waals surface area contributed by atoms with E-state index in [1.165, 1.54) is 9.80 Å². The van der Waals surface area contributed by atoms with Gasteiger partial charge in [-0.2, -0.15) is 0 Å². The van der Waals surface area contributed by atoms with Gasteiger partial charge in [-0.15, -0.1) is 0 Å². The van der Waals surface area contributed by atoms with Crippen LogP contribution >= 0.6 is 0 Å². The molecule has 2 saturated heterocycles. The average molecular weight is 310 g/mol. The molecule has 2 fully saturated rings. The minimum Gasteiger partial charge on any atom is -0.333 e. The standard InChI is InChI=1S/C14H22N4O4/c1-9-7-17(13(21)15-9)11(19)5-3-4-6-12(20)18-8-10(2)16-14(18)22/h9-10H,3-8H2,1-2H3,(H,15,21)(H,16,22). The second-order valence-corrected chi connectivity index (χ2v) is 5.92. The van der Waals surface area contributed by atoms with E-state index in [1.807, 2.05) is 13.8 Å². The fraction of sp³-hybridized carbons (Fsp3) is 0.714. The van der Waals surface area contributed by atoms with Gasteiger partial charge in [-0.05, 0) is 26.7 Å². The van der Waals surface area contributed by atoms with Gasteiger partial charge >= 0.3 is 12.1 Å². The van der Waals surface area contributed by atoms with Crippen molar-refractivity contribution in [2.75, 3.05) is 13.1 Å². The van der Waals surface area contributed by atoms with Crippen molar-refractivity contribution in [1.29, 1.82) is 0 Å². The molecule has 22 heavy (non-hydrogen) atoms. The van der Waals surface area contributed by atoms with Gasteiger partial charge < -0.3 is 10.6 Å². The van der Waals surface area contributed by atoms with Gasteiger partial charge in [0.15, 0.2) is 0 Å². The van der Waals surface area contributed by atoms with Crippen LogP contribution in [0.2, 0.25) is 0 Å². The topological polar surface area (TPSA) is 98.8 Å². The zero-order valence-corrected chi connectivity index (χ0v) is 12.9. The number of hydrogen-bond donors (Lipinski definition) is 2. The molecular weight excluding hydrogens is 288 g/mol. The van der Waals surface area contributed by atoms with Gasteiger partial charge in [0.25, 0.3) is 0 Å². The molecule has 2 atom stereocenters. The number of urea groups is 2. The van der Waals surface area contributed by atoms with Crippen LogP contribution in [0.5, 0.6) is 0 Å². The zero-order chi connectivity index (χ0) is 16.3. The molecular formula is C14H22N4O4. The SMILES string of the molecule is CC1CN(C(=O)CCCCC(=O)N2CC(C)NC2=O)C(=O)N1. The number of nitrogens with one attached hydrogen (secondary N) is 2. The van der Waals surface area contributed by atoms with E-state index in [0.29, 0.717) is 25.9 Å². The zero-order valence-electron chi connectivity index (χ0n) is 12.9. The molecule has 0 saturated carbocycles. The van der Waals surface area contributed by atoms with Gasteiger partial charge in [0.1, 0.15) is 0 Å². The first kappa shape index (κ1) is 16.3. The van der Waals surface area contributed by atoms with E-state index < -0.39 is 0 Å². The summed E-state index contributed by atoms with van der Waals surface area (Å²) in [5, 5.41) is 5.33. The monoisotopic (exact) mass is 310 g/mol. The lowest BCUT2D eigenvalue weighted by Gasteiger charge is -2.13. The molecule has 2 heterocycles. The molecule has 6 amide bonds. The maximum absolute atomic E-state index is 11.9. The van der Waals surface area contributed by atoms with E-state index >= 15 is 0 Å². The minimum atomic E-state index is -0.351. The molecule has 0 aromatic heterocycles. The molecule has 0 spiro atoms. The van der Waals surface area contributed by atoms with Crippen molar-refractivity contribution < 1.29 is 19.2 Å². The van der Waals surface area contributed by atoms with E-state index in [4.69, 9.17) is 0 Å². The second kappa shape index (κ2) is 6.76. The van der Waals surface area contributed by atoms with Crippen molar-refractivity contribution in [2.24, 2.45) is 0 Å². The van der Waals surface area contributed by atoms with E-state index in [-0.39, 0.29) is 48.8 Å². The van der Waals surface area contributed by atoms with E-state index in [1.54, 1.807) is 0 Å². The number of rotatable bonds is 5. The third-order valence-electron chi connectivity index (χ3n) is 3.78. The highest BCUT2D eigenvalue weighted by Crippen LogP contribution is 2.11. The third kappa shape index (κ3) is 3.75. The van der Waals surface area contributed by atoms with Crippen molar-refractivity contribution >= 4 is 23.9 Å². The lowest BCUT2D eigenvalue weighted by molar-refractivity contribution is -0.129. The Morgan fingerprint density at radius 1 is 0.909 bits per heavy atom. The van der Waals surface area contributed by atoms with Crippen molar-refractivity contribution in [3.05, 3.63) is 0 Å². The van der Waals surface area contributed by atoms with Crippen LogP contribution < -0.4 is 10.6 Å². The Bertz CT molecular complexity index is 449. The minimum absolute atomic E-state index is 0.0197. The van der Waals surface area contributed by atoms with Crippen molar-refractivity contribution in [3.63, 3.8) is 0 Å². The fourth-order valence-corrected chi connectivity index (χ4v) is 2.63. The predicted molar refractivity (Wildman–Crippen MR) is 77.9 cm³/mol.